The number of fused-ring (bicyclic) bond motifs is 1. The zero-order valence-electron chi connectivity index (χ0n) is 12.4. The molecule has 1 atom stereocenters. The Hall–Kier alpha value is -1.69. The van der Waals surface area contributed by atoms with Gasteiger partial charge in [0.1, 0.15) is 6.61 Å². The lowest BCUT2D eigenvalue weighted by Gasteiger charge is -2.27. The van der Waals surface area contributed by atoms with Crippen molar-refractivity contribution in [3.05, 3.63) is 53.1 Å². The van der Waals surface area contributed by atoms with Crippen LogP contribution in [0.1, 0.15) is 18.0 Å². The van der Waals surface area contributed by atoms with Gasteiger partial charge in [-0.25, -0.2) is 0 Å². The number of aliphatic hydroxyl groups excluding tert-OH is 1. The molecule has 1 aliphatic heterocycles. The van der Waals surface area contributed by atoms with Crippen LogP contribution in [0.15, 0.2) is 47.4 Å². The molecule has 0 radical (unpaired) electrons. The van der Waals surface area contributed by atoms with E-state index >= 15 is 0 Å². The third-order valence-corrected chi connectivity index (χ3v) is 5.27. The number of hydrogen-bond acceptors (Lipinski definition) is 4. The predicted octanol–water partition coefficient (Wildman–Crippen LogP) is 3.92. The maximum absolute atomic E-state index is 11.3. The summed E-state index contributed by atoms with van der Waals surface area (Å²) in [4.78, 5) is 12.4. The van der Waals surface area contributed by atoms with E-state index in [0.29, 0.717) is 5.69 Å². The number of anilines is 2. The zero-order chi connectivity index (χ0) is 16.2. The monoisotopic (exact) mass is 348 g/mol. The first-order valence-electron chi connectivity index (χ1n) is 7.36. The molecule has 0 aliphatic carbocycles. The minimum atomic E-state index is -0.524. The van der Waals surface area contributed by atoms with Crippen LogP contribution >= 0.6 is 23.4 Å². The number of benzene rings is 2. The Labute approximate surface area is 144 Å². The zero-order valence-corrected chi connectivity index (χ0v) is 14.0. The highest BCUT2D eigenvalue weighted by molar-refractivity contribution is 7.99. The molecule has 23 heavy (non-hydrogen) atoms. The molecule has 1 heterocycles. The first-order chi connectivity index (χ1) is 11.2. The van der Waals surface area contributed by atoms with Gasteiger partial charge in [-0.1, -0.05) is 29.8 Å². The van der Waals surface area contributed by atoms with Crippen LogP contribution in [-0.4, -0.2) is 23.4 Å². The Balaban J connectivity index is 1.80. The van der Waals surface area contributed by atoms with Crippen LogP contribution in [0.2, 0.25) is 5.02 Å². The average molecular weight is 349 g/mol. The molecule has 0 fully saturated rings. The van der Waals surface area contributed by atoms with Gasteiger partial charge < -0.3 is 15.7 Å². The van der Waals surface area contributed by atoms with E-state index in [-0.39, 0.29) is 6.04 Å². The normalized spacial score (nSPS) is 16.5. The van der Waals surface area contributed by atoms with Crippen molar-refractivity contribution in [2.45, 2.75) is 17.4 Å². The van der Waals surface area contributed by atoms with Crippen molar-refractivity contribution in [1.29, 1.82) is 0 Å². The van der Waals surface area contributed by atoms with E-state index in [1.807, 2.05) is 30.3 Å². The van der Waals surface area contributed by atoms with Gasteiger partial charge >= 0.3 is 0 Å². The summed E-state index contributed by atoms with van der Waals surface area (Å²) in [6.45, 7) is -0.524. The molecule has 0 saturated carbocycles. The quantitative estimate of drug-likeness (QED) is 0.783. The smallest absolute Gasteiger partial charge is 0.250 e. The van der Waals surface area contributed by atoms with Crippen molar-refractivity contribution in [2.24, 2.45) is 0 Å². The molecule has 6 heteroatoms. The summed E-state index contributed by atoms with van der Waals surface area (Å²) in [5.74, 6) is 0.586. The molecule has 0 bridgehead atoms. The van der Waals surface area contributed by atoms with Crippen LogP contribution in [0.3, 0.4) is 0 Å². The predicted molar refractivity (Wildman–Crippen MR) is 95.3 cm³/mol. The van der Waals surface area contributed by atoms with Crippen molar-refractivity contribution < 1.29 is 9.90 Å². The maximum atomic E-state index is 11.3. The lowest BCUT2D eigenvalue weighted by molar-refractivity contribution is -0.118. The Morgan fingerprint density at radius 1 is 1.26 bits per heavy atom. The number of aliphatic hydroxyl groups is 1. The molecule has 3 N–H and O–H groups in total. The molecule has 3 rings (SSSR count). The van der Waals surface area contributed by atoms with E-state index in [0.717, 1.165) is 27.8 Å². The van der Waals surface area contributed by atoms with Crippen molar-refractivity contribution >= 4 is 40.6 Å². The van der Waals surface area contributed by atoms with Crippen LogP contribution in [0.4, 0.5) is 11.4 Å². The molecule has 4 nitrogen and oxygen atoms in total. The summed E-state index contributed by atoms with van der Waals surface area (Å²) in [5.41, 5.74) is 2.78. The topological polar surface area (TPSA) is 61.4 Å². The number of thioether (sulfide) groups is 1. The van der Waals surface area contributed by atoms with Crippen LogP contribution in [-0.2, 0) is 4.79 Å². The molecule has 1 unspecified atom stereocenters. The lowest BCUT2D eigenvalue weighted by Crippen LogP contribution is -2.17. The summed E-state index contributed by atoms with van der Waals surface area (Å²) in [6, 6.07) is 13.7. The largest absolute Gasteiger partial charge is 0.387 e. The van der Waals surface area contributed by atoms with Crippen LogP contribution in [0, 0.1) is 0 Å². The van der Waals surface area contributed by atoms with E-state index in [2.05, 4.69) is 16.7 Å². The van der Waals surface area contributed by atoms with Gasteiger partial charge in [0, 0.05) is 22.0 Å². The maximum Gasteiger partial charge on any atom is 0.250 e. The van der Waals surface area contributed by atoms with Crippen molar-refractivity contribution in [1.82, 2.24) is 0 Å². The average Bonchev–Trinajstić information content (AvgIpc) is 2.56. The van der Waals surface area contributed by atoms with Gasteiger partial charge in [0.25, 0.3) is 0 Å². The fourth-order valence-corrected chi connectivity index (χ4v) is 4.11. The van der Waals surface area contributed by atoms with Gasteiger partial charge in [0.15, 0.2) is 0 Å². The van der Waals surface area contributed by atoms with Crippen LogP contribution in [0.25, 0.3) is 0 Å². The molecule has 2 aromatic rings. The summed E-state index contributed by atoms with van der Waals surface area (Å²) < 4.78 is 0. The van der Waals surface area contributed by atoms with E-state index < -0.39 is 12.5 Å². The van der Waals surface area contributed by atoms with Crippen LogP contribution in [0.5, 0.6) is 0 Å². The van der Waals surface area contributed by atoms with Gasteiger partial charge in [-0.2, -0.15) is 0 Å². The Bertz CT molecular complexity index is 723. The molecular weight excluding hydrogens is 332 g/mol. The Morgan fingerprint density at radius 2 is 2.04 bits per heavy atom. The second-order valence-electron chi connectivity index (χ2n) is 5.28. The highest BCUT2D eigenvalue weighted by Gasteiger charge is 2.22. The summed E-state index contributed by atoms with van der Waals surface area (Å²) in [5, 5.41) is 15.8. The van der Waals surface area contributed by atoms with Gasteiger partial charge in [-0.15, -0.1) is 11.8 Å². The fourth-order valence-electron chi connectivity index (χ4n) is 2.62. The molecule has 1 amide bonds. The molecular formula is C17H17ClN2O2S. The third-order valence-electron chi connectivity index (χ3n) is 3.66. The van der Waals surface area contributed by atoms with Gasteiger partial charge in [0.2, 0.25) is 5.91 Å². The summed E-state index contributed by atoms with van der Waals surface area (Å²) in [6.07, 6.45) is 1.01. The molecule has 0 spiro atoms. The summed E-state index contributed by atoms with van der Waals surface area (Å²) >= 11 is 8.08. The SMILES string of the molecule is O=C(CO)Nc1cccc(NC2CCSc3c(Cl)cccc32)c1. The van der Waals surface area contributed by atoms with Crippen molar-refractivity contribution in [2.75, 3.05) is 23.0 Å². The van der Waals surface area contributed by atoms with E-state index in [1.54, 1.807) is 17.8 Å². The van der Waals surface area contributed by atoms with E-state index in [1.165, 1.54) is 5.56 Å². The standard InChI is InChI=1S/C17H17ClN2O2S/c18-14-6-2-5-13-15(7-8-23-17(13)14)19-11-3-1-4-12(9-11)20-16(22)10-21/h1-6,9,15,19,21H,7-8,10H2,(H,20,22). The van der Waals surface area contributed by atoms with Gasteiger partial charge in [-0.05, 0) is 36.2 Å². The fraction of sp³-hybridized carbons (Fsp3) is 0.235. The number of carbonyl (C=O) groups excluding carboxylic acids is 1. The summed E-state index contributed by atoms with van der Waals surface area (Å²) in [7, 11) is 0. The Kier molecular flexibility index (Phi) is 5.10. The Morgan fingerprint density at radius 3 is 2.87 bits per heavy atom. The van der Waals surface area contributed by atoms with Crippen molar-refractivity contribution in [3.8, 4) is 0 Å². The van der Waals surface area contributed by atoms with Gasteiger partial charge in [0.05, 0.1) is 11.1 Å². The van der Waals surface area contributed by atoms with Gasteiger partial charge in [-0.3, -0.25) is 4.79 Å². The first kappa shape index (κ1) is 16.2. The number of amides is 1. The molecule has 0 saturated heterocycles. The number of nitrogens with one attached hydrogen (secondary N) is 2. The third kappa shape index (κ3) is 3.80. The van der Waals surface area contributed by atoms with Crippen LogP contribution < -0.4 is 10.6 Å². The second-order valence-corrected chi connectivity index (χ2v) is 6.79. The molecule has 0 aromatic heterocycles. The van der Waals surface area contributed by atoms with Crippen molar-refractivity contribution in [3.63, 3.8) is 0 Å². The molecule has 120 valence electrons. The van der Waals surface area contributed by atoms with E-state index in [9.17, 15) is 4.79 Å². The molecule has 2 aromatic carbocycles. The number of halogens is 1. The number of rotatable bonds is 4. The minimum absolute atomic E-state index is 0.189. The lowest BCUT2D eigenvalue weighted by atomic mass is 10.0. The second kappa shape index (κ2) is 7.25. The molecule has 1 aliphatic rings. The highest BCUT2D eigenvalue weighted by Crippen LogP contribution is 2.41. The number of hydrogen-bond donors (Lipinski definition) is 3. The van der Waals surface area contributed by atoms with E-state index in [4.69, 9.17) is 16.7 Å². The minimum Gasteiger partial charge on any atom is -0.387 e. The first-order valence-corrected chi connectivity index (χ1v) is 8.72. The number of carbonyl (C=O) groups is 1. The highest BCUT2D eigenvalue weighted by atomic mass is 35.5.